The van der Waals surface area contributed by atoms with E-state index < -0.39 is 0 Å². The Morgan fingerprint density at radius 1 is 0.571 bits per heavy atom. The molecule has 3 rings (SSSR count). The zero-order valence-corrected chi connectivity index (χ0v) is 16.2. The van der Waals surface area contributed by atoms with Crippen molar-refractivity contribution in [2.75, 3.05) is 88.8 Å². The molecule has 2 aromatic heterocycles. The Balaban J connectivity index is 1.45. The van der Waals surface area contributed by atoms with Crippen molar-refractivity contribution < 1.29 is 18.9 Å². The number of anilines is 2. The van der Waals surface area contributed by atoms with Gasteiger partial charge in [0.05, 0.1) is 52.9 Å². The van der Waals surface area contributed by atoms with Gasteiger partial charge in [0, 0.05) is 51.0 Å². The predicted octanol–water partition coefficient (Wildman–Crippen LogP) is 0.526. The summed E-state index contributed by atoms with van der Waals surface area (Å²) in [5.74, 6) is 1.65. The maximum atomic E-state index is 5.71. The summed E-state index contributed by atoms with van der Waals surface area (Å²) in [6.07, 6.45) is 7.12. The first-order valence-corrected chi connectivity index (χ1v) is 9.73. The van der Waals surface area contributed by atoms with Gasteiger partial charge in [0.1, 0.15) is 0 Å². The molecule has 2 aromatic rings. The number of nitrogens with one attached hydrogen (secondary N) is 2. The van der Waals surface area contributed by atoms with E-state index in [1.165, 1.54) is 0 Å². The summed E-state index contributed by atoms with van der Waals surface area (Å²) >= 11 is 0. The Kier molecular flexibility index (Phi) is 9.08. The summed E-state index contributed by atoms with van der Waals surface area (Å²) in [6.45, 7) is 7.60. The van der Waals surface area contributed by atoms with Crippen molar-refractivity contribution in [3.05, 3.63) is 24.8 Å². The number of H-pyrrole nitrogens is 2. The molecule has 0 saturated carbocycles. The van der Waals surface area contributed by atoms with E-state index in [9.17, 15) is 0 Å². The second-order valence-electron chi connectivity index (χ2n) is 6.25. The lowest BCUT2D eigenvalue weighted by atomic mass is 10.5. The molecule has 2 N–H and O–H groups in total. The van der Waals surface area contributed by atoms with Crippen LogP contribution in [0.15, 0.2) is 24.8 Å². The number of hydrogen-bond acceptors (Lipinski definition) is 8. The smallest absolute Gasteiger partial charge is 0.202 e. The van der Waals surface area contributed by atoms with Gasteiger partial charge < -0.3 is 38.7 Å². The van der Waals surface area contributed by atoms with Gasteiger partial charge in [-0.05, 0) is 0 Å². The van der Waals surface area contributed by atoms with Crippen LogP contribution in [-0.2, 0) is 18.9 Å². The number of hydrogen-bond donors (Lipinski definition) is 2. The van der Waals surface area contributed by atoms with E-state index in [0.29, 0.717) is 52.9 Å². The minimum Gasteiger partial charge on any atom is -0.377 e. The van der Waals surface area contributed by atoms with E-state index >= 15 is 0 Å². The zero-order chi connectivity index (χ0) is 19.3. The Morgan fingerprint density at radius 2 is 0.929 bits per heavy atom. The largest absolute Gasteiger partial charge is 0.377 e. The Labute approximate surface area is 165 Å². The van der Waals surface area contributed by atoms with Gasteiger partial charge in [-0.2, -0.15) is 0 Å². The maximum absolute atomic E-state index is 5.71. The summed E-state index contributed by atoms with van der Waals surface area (Å²) in [5.41, 5.74) is 0. The SMILES string of the molecule is c1c[nH]c(N2CCOCCOCCN(c3ncc[nH]3)CCOCCOCC2)n1. The molecule has 1 aliphatic rings. The molecule has 1 fully saturated rings. The van der Waals surface area contributed by atoms with Gasteiger partial charge in [-0.25, -0.2) is 9.97 Å². The van der Waals surface area contributed by atoms with Gasteiger partial charge in [-0.3, -0.25) is 0 Å². The molecule has 0 atom stereocenters. The highest BCUT2D eigenvalue weighted by atomic mass is 16.5. The zero-order valence-electron chi connectivity index (χ0n) is 16.2. The van der Waals surface area contributed by atoms with Crippen molar-refractivity contribution in [1.29, 1.82) is 0 Å². The fourth-order valence-corrected chi connectivity index (χ4v) is 2.85. The molecule has 10 heteroatoms. The van der Waals surface area contributed by atoms with E-state index in [2.05, 4.69) is 29.7 Å². The van der Waals surface area contributed by atoms with Crippen molar-refractivity contribution in [3.63, 3.8) is 0 Å². The van der Waals surface area contributed by atoms with Gasteiger partial charge in [0.15, 0.2) is 0 Å². The molecule has 3 heterocycles. The molecule has 1 saturated heterocycles. The average Bonchev–Trinajstić information content (AvgIpc) is 3.42. The number of rotatable bonds is 2. The average molecular weight is 394 g/mol. The van der Waals surface area contributed by atoms with E-state index in [1.54, 1.807) is 12.4 Å². The number of imidazole rings is 2. The molecule has 0 amide bonds. The van der Waals surface area contributed by atoms with Crippen LogP contribution in [0.25, 0.3) is 0 Å². The molecular formula is C18H30N6O4. The van der Waals surface area contributed by atoms with Crippen LogP contribution in [0.3, 0.4) is 0 Å². The molecule has 0 aliphatic carbocycles. The fraction of sp³-hybridized carbons (Fsp3) is 0.667. The lowest BCUT2D eigenvalue weighted by molar-refractivity contribution is 0.0433. The summed E-state index contributed by atoms with van der Waals surface area (Å²) in [4.78, 5) is 19.1. The highest BCUT2D eigenvalue weighted by Crippen LogP contribution is 2.06. The van der Waals surface area contributed by atoms with Crippen LogP contribution in [-0.4, -0.2) is 99.0 Å². The van der Waals surface area contributed by atoms with Crippen LogP contribution in [0.1, 0.15) is 0 Å². The van der Waals surface area contributed by atoms with Crippen LogP contribution < -0.4 is 9.80 Å². The Bertz CT molecular complexity index is 535. The van der Waals surface area contributed by atoms with Gasteiger partial charge in [-0.15, -0.1) is 0 Å². The number of aromatic nitrogens is 4. The van der Waals surface area contributed by atoms with Crippen molar-refractivity contribution in [1.82, 2.24) is 19.9 Å². The van der Waals surface area contributed by atoms with E-state index in [1.807, 2.05) is 12.4 Å². The van der Waals surface area contributed by atoms with Crippen molar-refractivity contribution in [2.45, 2.75) is 0 Å². The van der Waals surface area contributed by atoms with Gasteiger partial charge in [0.2, 0.25) is 11.9 Å². The maximum Gasteiger partial charge on any atom is 0.202 e. The summed E-state index contributed by atoms with van der Waals surface area (Å²) in [5, 5.41) is 0. The van der Waals surface area contributed by atoms with Crippen LogP contribution in [0, 0.1) is 0 Å². The Morgan fingerprint density at radius 3 is 1.21 bits per heavy atom. The first-order valence-electron chi connectivity index (χ1n) is 9.73. The van der Waals surface area contributed by atoms with Crippen molar-refractivity contribution in [3.8, 4) is 0 Å². The molecular weight excluding hydrogens is 364 g/mol. The summed E-state index contributed by atoms with van der Waals surface area (Å²) in [6, 6.07) is 0. The molecule has 0 radical (unpaired) electrons. The molecule has 28 heavy (non-hydrogen) atoms. The lowest BCUT2D eigenvalue weighted by Crippen LogP contribution is -2.33. The molecule has 0 unspecified atom stereocenters. The monoisotopic (exact) mass is 394 g/mol. The molecule has 156 valence electrons. The first-order chi connectivity index (χ1) is 13.9. The third-order valence-corrected chi connectivity index (χ3v) is 4.33. The highest BCUT2D eigenvalue weighted by molar-refractivity contribution is 5.29. The van der Waals surface area contributed by atoms with Gasteiger partial charge >= 0.3 is 0 Å². The van der Waals surface area contributed by atoms with Crippen LogP contribution in [0.2, 0.25) is 0 Å². The van der Waals surface area contributed by atoms with Crippen molar-refractivity contribution >= 4 is 11.9 Å². The quantitative estimate of drug-likeness (QED) is 0.761. The molecule has 0 bridgehead atoms. The molecule has 0 aromatic carbocycles. The number of ether oxygens (including phenoxy) is 4. The van der Waals surface area contributed by atoms with E-state index in [4.69, 9.17) is 18.9 Å². The summed E-state index contributed by atoms with van der Waals surface area (Å²) in [7, 11) is 0. The van der Waals surface area contributed by atoms with Crippen LogP contribution in [0.5, 0.6) is 0 Å². The number of aromatic amines is 2. The third-order valence-electron chi connectivity index (χ3n) is 4.33. The lowest BCUT2D eigenvalue weighted by Gasteiger charge is -2.23. The second kappa shape index (κ2) is 12.3. The number of nitrogens with zero attached hydrogens (tertiary/aromatic N) is 4. The minimum atomic E-state index is 0.562. The van der Waals surface area contributed by atoms with Gasteiger partial charge in [0.25, 0.3) is 0 Å². The van der Waals surface area contributed by atoms with Crippen molar-refractivity contribution in [2.24, 2.45) is 0 Å². The topological polar surface area (TPSA) is 101 Å². The first kappa shape index (κ1) is 20.6. The highest BCUT2D eigenvalue weighted by Gasteiger charge is 2.10. The summed E-state index contributed by atoms with van der Waals surface area (Å²) < 4.78 is 22.8. The third kappa shape index (κ3) is 7.12. The van der Waals surface area contributed by atoms with E-state index in [0.717, 1.165) is 38.1 Å². The normalized spacial score (nSPS) is 19.9. The molecule has 10 nitrogen and oxygen atoms in total. The minimum absolute atomic E-state index is 0.562. The van der Waals surface area contributed by atoms with Crippen LogP contribution >= 0.6 is 0 Å². The van der Waals surface area contributed by atoms with Crippen LogP contribution in [0.4, 0.5) is 11.9 Å². The predicted molar refractivity (Wildman–Crippen MR) is 105 cm³/mol. The molecule has 0 spiro atoms. The molecule has 1 aliphatic heterocycles. The van der Waals surface area contributed by atoms with E-state index in [-0.39, 0.29) is 0 Å². The fourth-order valence-electron chi connectivity index (χ4n) is 2.85. The Hall–Kier alpha value is -2.14. The van der Waals surface area contributed by atoms with Gasteiger partial charge in [-0.1, -0.05) is 0 Å². The standard InChI is InChI=1S/C18H30N6O4/c1-2-20-17(19-1)23-5-9-25-13-15-27-11-7-24(18-21-3-4-22-18)8-12-28-16-14-26-10-6-23/h1-4H,5-16H2,(H,19,20)(H,21,22). The second-order valence-corrected chi connectivity index (χ2v) is 6.25.